The predicted molar refractivity (Wildman–Crippen MR) is 67.6 cm³/mol. The largest absolute Gasteiger partial charge is 0.480 e. The molecule has 3 atom stereocenters. The molecule has 1 amide bonds. The van der Waals surface area contributed by atoms with E-state index in [9.17, 15) is 9.59 Å². The summed E-state index contributed by atoms with van der Waals surface area (Å²) in [4.78, 5) is 24.9. The molecule has 0 aliphatic carbocycles. The molecule has 0 radical (unpaired) electrons. The fourth-order valence-corrected chi connectivity index (χ4v) is 3.19. The molecule has 3 unspecified atom stereocenters. The van der Waals surface area contributed by atoms with Crippen LogP contribution in [0.2, 0.25) is 0 Å². The number of rotatable bonds is 4. The Bertz CT molecular complexity index is 309. The molecule has 0 aromatic rings. The standard InChI is InChI=1S/C11H20N2O3S/c1-6(2)8(4-12)10(14)13-7(3)17-5-9(13)11(15)16/h6-9H,4-5,12H2,1-3H3,(H,15,16). The van der Waals surface area contributed by atoms with Gasteiger partial charge in [-0.3, -0.25) is 4.79 Å². The number of nitrogens with zero attached hydrogens (tertiary/aromatic N) is 1. The van der Waals surface area contributed by atoms with E-state index in [0.717, 1.165) is 0 Å². The molecule has 0 aromatic carbocycles. The molecular formula is C11H20N2O3S. The van der Waals surface area contributed by atoms with E-state index in [4.69, 9.17) is 10.8 Å². The van der Waals surface area contributed by atoms with Crippen molar-refractivity contribution in [2.75, 3.05) is 12.3 Å². The van der Waals surface area contributed by atoms with Gasteiger partial charge in [-0.25, -0.2) is 4.79 Å². The van der Waals surface area contributed by atoms with Crippen LogP contribution in [-0.2, 0) is 9.59 Å². The quantitative estimate of drug-likeness (QED) is 0.773. The topological polar surface area (TPSA) is 83.6 Å². The molecule has 0 spiro atoms. The molecule has 1 fully saturated rings. The molecular weight excluding hydrogens is 240 g/mol. The van der Waals surface area contributed by atoms with Gasteiger partial charge in [-0.15, -0.1) is 11.8 Å². The van der Waals surface area contributed by atoms with Gasteiger partial charge in [-0.1, -0.05) is 13.8 Å². The van der Waals surface area contributed by atoms with Crippen LogP contribution in [-0.4, -0.2) is 45.6 Å². The third-order valence-electron chi connectivity index (χ3n) is 3.14. The molecule has 1 aliphatic rings. The van der Waals surface area contributed by atoms with E-state index in [2.05, 4.69) is 0 Å². The number of aliphatic carboxylic acids is 1. The molecule has 6 heteroatoms. The van der Waals surface area contributed by atoms with Crippen molar-refractivity contribution >= 4 is 23.6 Å². The second-order valence-electron chi connectivity index (χ2n) is 4.62. The van der Waals surface area contributed by atoms with Crippen molar-refractivity contribution in [1.82, 2.24) is 4.90 Å². The lowest BCUT2D eigenvalue weighted by atomic mass is 9.94. The second kappa shape index (κ2) is 5.73. The van der Waals surface area contributed by atoms with Crippen LogP contribution < -0.4 is 5.73 Å². The molecule has 5 nitrogen and oxygen atoms in total. The lowest BCUT2D eigenvalue weighted by Gasteiger charge is -2.30. The van der Waals surface area contributed by atoms with Crippen molar-refractivity contribution in [3.63, 3.8) is 0 Å². The van der Waals surface area contributed by atoms with Gasteiger partial charge < -0.3 is 15.7 Å². The number of carboxylic acid groups (broad SMARTS) is 1. The molecule has 1 saturated heterocycles. The Hall–Kier alpha value is -0.750. The molecule has 3 N–H and O–H groups in total. The molecule has 0 saturated carbocycles. The van der Waals surface area contributed by atoms with Crippen molar-refractivity contribution in [2.45, 2.75) is 32.2 Å². The highest BCUT2D eigenvalue weighted by Crippen LogP contribution is 2.31. The van der Waals surface area contributed by atoms with E-state index in [-0.39, 0.29) is 29.7 Å². The smallest absolute Gasteiger partial charge is 0.327 e. The zero-order valence-corrected chi connectivity index (χ0v) is 11.2. The lowest BCUT2D eigenvalue weighted by molar-refractivity contribution is -0.151. The van der Waals surface area contributed by atoms with E-state index < -0.39 is 12.0 Å². The number of carbonyl (C=O) groups is 2. The third-order valence-corrected chi connectivity index (χ3v) is 4.36. The number of carbonyl (C=O) groups excluding carboxylic acids is 1. The minimum absolute atomic E-state index is 0.0867. The maximum atomic E-state index is 12.3. The van der Waals surface area contributed by atoms with Crippen LogP contribution in [0.1, 0.15) is 20.8 Å². The van der Waals surface area contributed by atoms with E-state index in [1.807, 2.05) is 20.8 Å². The summed E-state index contributed by atoms with van der Waals surface area (Å²) in [6.45, 7) is 5.98. The Morgan fingerprint density at radius 1 is 1.53 bits per heavy atom. The van der Waals surface area contributed by atoms with Gasteiger partial charge in [0, 0.05) is 12.3 Å². The van der Waals surface area contributed by atoms with E-state index >= 15 is 0 Å². The highest BCUT2D eigenvalue weighted by molar-refractivity contribution is 8.00. The molecule has 1 rings (SSSR count). The van der Waals surface area contributed by atoms with Crippen LogP contribution in [0.15, 0.2) is 0 Å². The van der Waals surface area contributed by atoms with Crippen molar-refractivity contribution in [3.8, 4) is 0 Å². The summed E-state index contributed by atoms with van der Waals surface area (Å²) in [7, 11) is 0. The second-order valence-corrected chi connectivity index (χ2v) is 5.97. The van der Waals surface area contributed by atoms with Gasteiger partial charge in [0.15, 0.2) is 0 Å². The maximum absolute atomic E-state index is 12.3. The van der Waals surface area contributed by atoms with Gasteiger partial charge >= 0.3 is 5.97 Å². The fourth-order valence-electron chi connectivity index (χ4n) is 2.02. The summed E-state index contributed by atoms with van der Waals surface area (Å²) >= 11 is 1.49. The van der Waals surface area contributed by atoms with Crippen LogP contribution in [0.5, 0.6) is 0 Å². The van der Waals surface area contributed by atoms with Crippen molar-refractivity contribution in [3.05, 3.63) is 0 Å². The van der Waals surface area contributed by atoms with Gasteiger partial charge in [0.25, 0.3) is 0 Å². The van der Waals surface area contributed by atoms with Crippen molar-refractivity contribution < 1.29 is 14.7 Å². The van der Waals surface area contributed by atoms with Crippen LogP contribution in [0, 0.1) is 11.8 Å². The van der Waals surface area contributed by atoms with Crippen LogP contribution >= 0.6 is 11.8 Å². The van der Waals surface area contributed by atoms with Gasteiger partial charge in [0.05, 0.1) is 11.3 Å². The van der Waals surface area contributed by atoms with Crippen LogP contribution in [0.25, 0.3) is 0 Å². The average molecular weight is 260 g/mol. The molecule has 1 heterocycles. The number of carboxylic acids is 1. The highest BCUT2D eigenvalue weighted by atomic mass is 32.2. The van der Waals surface area contributed by atoms with Crippen LogP contribution in [0.3, 0.4) is 0 Å². The number of thioether (sulfide) groups is 1. The molecule has 1 aliphatic heterocycles. The summed E-state index contributed by atoms with van der Waals surface area (Å²) in [5, 5.41) is 9.02. The van der Waals surface area contributed by atoms with Gasteiger partial charge in [0.1, 0.15) is 6.04 Å². The number of hydrogen-bond acceptors (Lipinski definition) is 4. The summed E-state index contributed by atoms with van der Waals surface area (Å²) in [5.41, 5.74) is 5.61. The Balaban J connectivity index is 2.88. The molecule has 0 aromatic heterocycles. The van der Waals surface area contributed by atoms with Gasteiger partial charge in [-0.05, 0) is 12.8 Å². The Morgan fingerprint density at radius 3 is 2.53 bits per heavy atom. The summed E-state index contributed by atoms with van der Waals surface area (Å²) in [6.07, 6.45) is 0. The lowest BCUT2D eigenvalue weighted by Crippen LogP contribution is -2.49. The maximum Gasteiger partial charge on any atom is 0.327 e. The van der Waals surface area contributed by atoms with E-state index in [1.165, 1.54) is 16.7 Å². The number of amides is 1. The average Bonchev–Trinajstić information content (AvgIpc) is 2.60. The normalized spacial score (nSPS) is 26.3. The Kier molecular flexibility index (Phi) is 4.82. The fraction of sp³-hybridized carbons (Fsp3) is 0.818. The van der Waals surface area contributed by atoms with Gasteiger partial charge in [-0.2, -0.15) is 0 Å². The van der Waals surface area contributed by atoms with E-state index in [1.54, 1.807) is 0 Å². The number of nitrogens with two attached hydrogens (primary N) is 1. The van der Waals surface area contributed by atoms with Crippen LogP contribution in [0.4, 0.5) is 0 Å². The minimum Gasteiger partial charge on any atom is -0.480 e. The minimum atomic E-state index is -0.935. The SMILES string of the molecule is CC(C)C(CN)C(=O)N1C(C)SCC1C(=O)O. The van der Waals surface area contributed by atoms with Gasteiger partial charge in [0.2, 0.25) is 5.91 Å². The zero-order valence-electron chi connectivity index (χ0n) is 10.4. The highest BCUT2D eigenvalue weighted by Gasteiger charge is 2.41. The first-order valence-corrected chi connectivity index (χ1v) is 6.81. The van der Waals surface area contributed by atoms with E-state index in [0.29, 0.717) is 5.75 Å². The predicted octanol–water partition coefficient (Wildman–Crippen LogP) is 0.592. The third kappa shape index (κ3) is 2.93. The summed E-state index contributed by atoms with van der Waals surface area (Å²) < 4.78 is 0. The zero-order chi connectivity index (χ0) is 13.2. The first-order valence-electron chi connectivity index (χ1n) is 5.76. The molecule has 0 bridgehead atoms. The molecule has 98 valence electrons. The molecule has 17 heavy (non-hydrogen) atoms. The summed E-state index contributed by atoms with van der Waals surface area (Å²) in [5.74, 6) is -0.780. The monoisotopic (exact) mass is 260 g/mol. The first kappa shape index (κ1) is 14.3. The number of hydrogen-bond donors (Lipinski definition) is 2. The summed E-state index contributed by atoms with van der Waals surface area (Å²) in [6, 6.07) is -0.713. The Morgan fingerprint density at radius 2 is 2.12 bits per heavy atom. The van der Waals surface area contributed by atoms with Crippen molar-refractivity contribution in [1.29, 1.82) is 0 Å². The Labute approximate surface area is 106 Å². The first-order chi connectivity index (χ1) is 7.90. The van der Waals surface area contributed by atoms with Crippen molar-refractivity contribution in [2.24, 2.45) is 17.6 Å².